The largest absolute Gasteiger partial charge is 0.508 e. The molecular formula is C13H12N2O4. The summed E-state index contributed by atoms with van der Waals surface area (Å²) in [6.45, 7) is 1.85. The first kappa shape index (κ1) is 12.8. The summed E-state index contributed by atoms with van der Waals surface area (Å²) in [6, 6.07) is 6.18. The number of phenols is 1. The van der Waals surface area contributed by atoms with Crippen molar-refractivity contribution in [3.63, 3.8) is 0 Å². The van der Waals surface area contributed by atoms with Crippen LogP contribution in [0, 0.1) is 0 Å². The molecule has 0 aliphatic carbocycles. The Kier molecular flexibility index (Phi) is 3.61. The predicted molar refractivity (Wildman–Crippen MR) is 67.9 cm³/mol. The average molecular weight is 260 g/mol. The van der Waals surface area contributed by atoms with Crippen molar-refractivity contribution in [1.29, 1.82) is 0 Å². The van der Waals surface area contributed by atoms with Crippen molar-refractivity contribution in [2.75, 3.05) is 6.61 Å². The van der Waals surface area contributed by atoms with Gasteiger partial charge in [0.15, 0.2) is 0 Å². The van der Waals surface area contributed by atoms with E-state index in [-0.39, 0.29) is 17.9 Å². The first-order valence-corrected chi connectivity index (χ1v) is 5.67. The van der Waals surface area contributed by atoms with E-state index >= 15 is 0 Å². The van der Waals surface area contributed by atoms with E-state index in [2.05, 4.69) is 9.97 Å². The van der Waals surface area contributed by atoms with Crippen molar-refractivity contribution in [3.8, 4) is 17.1 Å². The maximum absolute atomic E-state index is 11.8. The van der Waals surface area contributed by atoms with Crippen molar-refractivity contribution >= 4 is 5.97 Å². The number of carbonyl (C=O) groups is 1. The highest BCUT2D eigenvalue weighted by molar-refractivity contribution is 5.88. The highest BCUT2D eigenvalue weighted by atomic mass is 16.5. The van der Waals surface area contributed by atoms with Crippen LogP contribution in [0.25, 0.3) is 11.4 Å². The van der Waals surface area contributed by atoms with Gasteiger partial charge in [0.2, 0.25) is 0 Å². The minimum atomic E-state index is -0.700. The smallest absolute Gasteiger partial charge is 0.345 e. The fourth-order valence-electron chi connectivity index (χ4n) is 1.52. The molecule has 0 bridgehead atoms. The van der Waals surface area contributed by atoms with Gasteiger partial charge in [-0.05, 0) is 31.2 Å². The zero-order chi connectivity index (χ0) is 13.8. The van der Waals surface area contributed by atoms with Gasteiger partial charge in [-0.25, -0.2) is 9.78 Å². The summed E-state index contributed by atoms with van der Waals surface area (Å²) < 4.78 is 4.74. The number of H-pyrrole nitrogens is 1. The second-order valence-electron chi connectivity index (χ2n) is 3.74. The number of benzene rings is 1. The predicted octanol–water partition coefficient (Wildman–Crippen LogP) is 1.32. The normalized spacial score (nSPS) is 10.2. The Hall–Kier alpha value is -2.63. The molecule has 2 aromatic rings. The molecule has 0 aliphatic rings. The van der Waals surface area contributed by atoms with Gasteiger partial charge in [-0.15, -0.1) is 0 Å². The summed E-state index contributed by atoms with van der Waals surface area (Å²) in [6.07, 6.45) is 1.18. The van der Waals surface area contributed by atoms with E-state index < -0.39 is 11.5 Å². The number of aromatic hydroxyl groups is 1. The zero-order valence-electron chi connectivity index (χ0n) is 10.2. The van der Waals surface area contributed by atoms with Crippen LogP contribution < -0.4 is 5.56 Å². The van der Waals surface area contributed by atoms with Gasteiger partial charge in [0.05, 0.1) is 6.61 Å². The molecule has 6 heteroatoms. The molecule has 0 saturated heterocycles. The molecule has 1 heterocycles. The van der Waals surface area contributed by atoms with E-state index in [4.69, 9.17) is 4.74 Å². The maximum atomic E-state index is 11.8. The number of nitrogens with zero attached hydrogens (tertiary/aromatic N) is 1. The van der Waals surface area contributed by atoms with E-state index in [1.54, 1.807) is 19.1 Å². The topological polar surface area (TPSA) is 92.3 Å². The molecule has 1 aromatic heterocycles. The molecule has 0 saturated carbocycles. The number of hydrogen-bond donors (Lipinski definition) is 2. The average Bonchev–Trinajstić information content (AvgIpc) is 2.39. The van der Waals surface area contributed by atoms with Crippen LogP contribution in [-0.2, 0) is 4.74 Å². The third-order valence-electron chi connectivity index (χ3n) is 2.44. The van der Waals surface area contributed by atoms with Crippen LogP contribution in [0.3, 0.4) is 0 Å². The number of carbonyl (C=O) groups excluding carboxylic acids is 1. The lowest BCUT2D eigenvalue weighted by molar-refractivity contribution is 0.0524. The summed E-state index contributed by atoms with van der Waals surface area (Å²) in [5.74, 6) is -0.263. The molecular weight excluding hydrogens is 248 g/mol. The standard InChI is InChI=1S/C13H12N2O4/c1-2-19-13(18)10-7-14-11(15-12(10)17)8-3-5-9(16)6-4-8/h3-7,16H,2H2,1H3,(H,14,15,17). The van der Waals surface area contributed by atoms with Crippen molar-refractivity contribution in [3.05, 3.63) is 46.4 Å². The molecule has 0 atom stereocenters. The molecule has 0 amide bonds. The fourth-order valence-corrected chi connectivity index (χ4v) is 1.52. The highest BCUT2D eigenvalue weighted by Gasteiger charge is 2.13. The van der Waals surface area contributed by atoms with Gasteiger partial charge in [0.1, 0.15) is 17.1 Å². The Labute approximate surface area is 108 Å². The number of rotatable bonds is 3. The third-order valence-corrected chi connectivity index (χ3v) is 2.44. The van der Waals surface area contributed by atoms with E-state index in [1.807, 2.05) is 0 Å². The Bertz CT molecular complexity index is 646. The van der Waals surface area contributed by atoms with E-state index in [0.717, 1.165) is 0 Å². The van der Waals surface area contributed by atoms with Crippen LogP contribution in [0.4, 0.5) is 0 Å². The van der Waals surface area contributed by atoms with E-state index in [9.17, 15) is 14.7 Å². The van der Waals surface area contributed by atoms with Crippen molar-refractivity contribution in [1.82, 2.24) is 9.97 Å². The molecule has 1 aromatic carbocycles. The Morgan fingerprint density at radius 2 is 2.05 bits per heavy atom. The second kappa shape index (κ2) is 5.34. The molecule has 0 spiro atoms. The van der Waals surface area contributed by atoms with Crippen LogP contribution in [0.5, 0.6) is 5.75 Å². The number of phenolic OH excluding ortho intramolecular Hbond substituents is 1. The Morgan fingerprint density at radius 3 is 2.63 bits per heavy atom. The summed E-state index contributed by atoms with van der Waals surface area (Å²) in [5.41, 5.74) is -0.0637. The monoisotopic (exact) mass is 260 g/mol. The minimum absolute atomic E-state index is 0.120. The summed E-state index contributed by atoms with van der Waals surface area (Å²) in [4.78, 5) is 29.7. The Balaban J connectivity index is 2.36. The molecule has 98 valence electrons. The summed E-state index contributed by atoms with van der Waals surface area (Å²) in [5, 5.41) is 9.18. The van der Waals surface area contributed by atoms with Gasteiger partial charge in [0, 0.05) is 11.8 Å². The van der Waals surface area contributed by atoms with Crippen LogP contribution >= 0.6 is 0 Å². The van der Waals surface area contributed by atoms with Gasteiger partial charge in [0.25, 0.3) is 5.56 Å². The lowest BCUT2D eigenvalue weighted by atomic mass is 10.2. The van der Waals surface area contributed by atoms with Gasteiger partial charge in [-0.2, -0.15) is 0 Å². The molecule has 0 radical (unpaired) electrons. The molecule has 0 fully saturated rings. The van der Waals surface area contributed by atoms with Crippen LogP contribution in [0.2, 0.25) is 0 Å². The third kappa shape index (κ3) is 2.79. The number of aromatic amines is 1. The fraction of sp³-hybridized carbons (Fsp3) is 0.154. The van der Waals surface area contributed by atoms with Crippen LogP contribution in [0.1, 0.15) is 17.3 Å². The molecule has 19 heavy (non-hydrogen) atoms. The van der Waals surface area contributed by atoms with E-state index in [0.29, 0.717) is 11.4 Å². The van der Waals surface area contributed by atoms with Crippen molar-refractivity contribution < 1.29 is 14.6 Å². The minimum Gasteiger partial charge on any atom is -0.508 e. The van der Waals surface area contributed by atoms with Crippen LogP contribution in [0.15, 0.2) is 35.3 Å². The van der Waals surface area contributed by atoms with Gasteiger partial charge in [-0.3, -0.25) is 4.79 Å². The molecule has 2 rings (SSSR count). The highest BCUT2D eigenvalue weighted by Crippen LogP contribution is 2.17. The molecule has 0 unspecified atom stereocenters. The second-order valence-corrected chi connectivity index (χ2v) is 3.74. The molecule has 6 nitrogen and oxygen atoms in total. The number of ether oxygens (including phenoxy) is 1. The van der Waals surface area contributed by atoms with Crippen LogP contribution in [-0.4, -0.2) is 27.7 Å². The van der Waals surface area contributed by atoms with Crippen molar-refractivity contribution in [2.24, 2.45) is 0 Å². The number of esters is 1. The Morgan fingerprint density at radius 1 is 1.37 bits per heavy atom. The number of nitrogens with one attached hydrogen (secondary N) is 1. The lowest BCUT2D eigenvalue weighted by Gasteiger charge is -2.03. The maximum Gasteiger partial charge on any atom is 0.345 e. The first-order valence-electron chi connectivity index (χ1n) is 5.67. The number of hydrogen-bond acceptors (Lipinski definition) is 5. The number of aromatic nitrogens is 2. The first-order chi connectivity index (χ1) is 9.11. The summed E-state index contributed by atoms with van der Waals surface area (Å²) in [7, 11) is 0. The van der Waals surface area contributed by atoms with E-state index in [1.165, 1.54) is 18.3 Å². The van der Waals surface area contributed by atoms with Gasteiger partial charge >= 0.3 is 5.97 Å². The van der Waals surface area contributed by atoms with Gasteiger partial charge in [-0.1, -0.05) is 0 Å². The van der Waals surface area contributed by atoms with Crippen molar-refractivity contribution in [2.45, 2.75) is 6.92 Å². The molecule has 2 N–H and O–H groups in total. The van der Waals surface area contributed by atoms with Gasteiger partial charge < -0.3 is 14.8 Å². The molecule has 0 aliphatic heterocycles. The zero-order valence-corrected chi connectivity index (χ0v) is 10.2. The summed E-state index contributed by atoms with van der Waals surface area (Å²) >= 11 is 0. The quantitative estimate of drug-likeness (QED) is 0.812. The SMILES string of the molecule is CCOC(=O)c1cnc(-c2ccc(O)cc2)[nH]c1=O. The lowest BCUT2D eigenvalue weighted by Crippen LogP contribution is -2.20.